The first-order valence-electron chi connectivity index (χ1n) is 7.98. The number of carbonyl (C=O) groups is 1. The molecule has 0 aliphatic carbocycles. The van der Waals surface area contributed by atoms with Crippen LogP contribution in [0.5, 0.6) is 0 Å². The molecule has 0 saturated carbocycles. The van der Waals surface area contributed by atoms with E-state index in [0.717, 1.165) is 16.1 Å². The van der Waals surface area contributed by atoms with Crippen LogP contribution in [0.3, 0.4) is 0 Å². The van der Waals surface area contributed by atoms with E-state index in [1.54, 1.807) is 11.8 Å². The van der Waals surface area contributed by atoms with Crippen molar-refractivity contribution >= 4 is 60.8 Å². The number of hydrogen-bond donors (Lipinski definition) is 3. The summed E-state index contributed by atoms with van der Waals surface area (Å²) in [6.07, 6.45) is 4.54. The lowest BCUT2D eigenvalue weighted by molar-refractivity contribution is 0.100. The molecule has 1 aliphatic rings. The predicted octanol–water partition coefficient (Wildman–Crippen LogP) is 1.22. The largest absolute Gasteiger partial charge is 0.397 e. The van der Waals surface area contributed by atoms with Crippen LogP contribution in [0.4, 0.5) is 11.5 Å². The van der Waals surface area contributed by atoms with Crippen molar-refractivity contribution in [3.63, 3.8) is 0 Å². The van der Waals surface area contributed by atoms with Gasteiger partial charge in [-0.3, -0.25) is 4.79 Å². The Kier molecular flexibility index (Phi) is 5.33. The zero-order valence-electron chi connectivity index (χ0n) is 14.5. The van der Waals surface area contributed by atoms with Gasteiger partial charge < -0.3 is 16.4 Å². The van der Waals surface area contributed by atoms with E-state index in [0.29, 0.717) is 41.3 Å². The number of piperidine rings is 1. The standard InChI is InChI=1S/C15H21N5O3S3/c1-24-9-7-10(18-15-11(9)12(16)13(25-15)14(17)21)20-5-3-8(4-6-20)19-26(2,22)23/h7-8,19H,3-6,16H2,1-2H3,(H2,17,21). The molecule has 1 saturated heterocycles. The first kappa shape index (κ1) is 19.2. The number of nitrogen functional groups attached to an aromatic ring is 1. The third-order valence-electron chi connectivity index (χ3n) is 4.29. The van der Waals surface area contributed by atoms with Crippen LogP contribution in [0, 0.1) is 0 Å². The lowest BCUT2D eigenvalue weighted by atomic mass is 10.1. The molecule has 0 spiro atoms. The summed E-state index contributed by atoms with van der Waals surface area (Å²) in [5.74, 6) is 0.253. The number of nitrogens with one attached hydrogen (secondary N) is 1. The molecule has 2 aromatic heterocycles. The molecule has 1 aliphatic heterocycles. The van der Waals surface area contributed by atoms with Crippen molar-refractivity contribution in [1.82, 2.24) is 9.71 Å². The molecule has 5 N–H and O–H groups in total. The highest BCUT2D eigenvalue weighted by atomic mass is 32.2. The third-order valence-corrected chi connectivity index (χ3v) is 6.93. The van der Waals surface area contributed by atoms with Gasteiger partial charge in [0.1, 0.15) is 15.5 Å². The quantitative estimate of drug-likeness (QED) is 0.626. The molecule has 1 amide bonds. The first-order chi connectivity index (χ1) is 12.2. The maximum Gasteiger partial charge on any atom is 0.260 e. The van der Waals surface area contributed by atoms with Gasteiger partial charge in [0.15, 0.2) is 0 Å². The van der Waals surface area contributed by atoms with Gasteiger partial charge >= 0.3 is 0 Å². The number of aromatic nitrogens is 1. The Morgan fingerprint density at radius 1 is 1.42 bits per heavy atom. The van der Waals surface area contributed by atoms with Crippen LogP contribution in [0.15, 0.2) is 11.0 Å². The number of primary amides is 1. The number of sulfonamides is 1. The van der Waals surface area contributed by atoms with Crippen LogP contribution >= 0.6 is 23.1 Å². The van der Waals surface area contributed by atoms with Gasteiger partial charge in [0.05, 0.1) is 11.9 Å². The van der Waals surface area contributed by atoms with Gasteiger partial charge in [0, 0.05) is 29.4 Å². The normalized spacial score (nSPS) is 16.3. The predicted molar refractivity (Wildman–Crippen MR) is 108 cm³/mol. The minimum atomic E-state index is -3.20. The molecule has 1 fully saturated rings. The van der Waals surface area contributed by atoms with E-state index in [9.17, 15) is 13.2 Å². The molecule has 3 heterocycles. The van der Waals surface area contributed by atoms with Crippen molar-refractivity contribution in [3.8, 4) is 0 Å². The lowest BCUT2D eigenvalue weighted by Crippen LogP contribution is -2.44. The maximum atomic E-state index is 11.6. The molecule has 8 nitrogen and oxygen atoms in total. The molecule has 0 aromatic carbocycles. The Balaban J connectivity index is 1.89. The fraction of sp³-hybridized carbons (Fsp3) is 0.467. The van der Waals surface area contributed by atoms with E-state index in [-0.39, 0.29) is 6.04 Å². The highest BCUT2D eigenvalue weighted by Crippen LogP contribution is 2.40. The number of hydrogen-bond acceptors (Lipinski definition) is 8. The monoisotopic (exact) mass is 415 g/mol. The molecular weight excluding hydrogens is 394 g/mol. The minimum absolute atomic E-state index is 0.0520. The summed E-state index contributed by atoms with van der Waals surface area (Å²) in [6.45, 7) is 1.39. The SMILES string of the molecule is CSc1cc(N2CCC(NS(C)(=O)=O)CC2)nc2sc(C(N)=O)c(N)c12. The number of nitrogens with two attached hydrogens (primary N) is 2. The van der Waals surface area contributed by atoms with Gasteiger partial charge in [-0.2, -0.15) is 0 Å². The van der Waals surface area contributed by atoms with E-state index in [1.807, 2.05) is 12.3 Å². The number of pyridine rings is 1. The second-order valence-electron chi connectivity index (χ2n) is 6.22. The van der Waals surface area contributed by atoms with Crippen LogP contribution in [0.25, 0.3) is 10.2 Å². The molecule has 0 atom stereocenters. The molecule has 0 radical (unpaired) electrons. The van der Waals surface area contributed by atoms with Gasteiger partial charge in [-0.1, -0.05) is 0 Å². The van der Waals surface area contributed by atoms with Gasteiger partial charge in [0.25, 0.3) is 5.91 Å². The van der Waals surface area contributed by atoms with Crippen LogP contribution in [-0.4, -0.2) is 51.0 Å². The zero-order chi connectivity index (χ0) is 19.1. The van der Waals surface area contributed by atoms with Crippen LogP contribution in [0.2, 0.25) is 0 Å². The summed E-state index contributed by atoms with van der Waals surface area (Å²) in [6, 6.07) is 1.91. The van der Waals surface area contributed by atoms with Gasteiger partial charge in [0.2, 0.25) is 10.0 Å². The molecule has 142 valence electrons. The van der Waals surface area contributed by atoms with E-state index >= 15 is 0 Å². The fourth-order valence-corrected chi connectivity index (χ4v) is 5.62. The Morgan fingerprint density at radius 3 is 2.62 bits per heavy atom. The lowest BCUT2D eigenvalue weighted by Gasteiger charge is -2.33. The molecular formula is C15H21N5O3S3. The zero-order valence-corrected chi connectivity index (χ0v) is 16.9. The highest BCUT2D eigenvalue weighted by Gasteiger charge is 2.24. The molecule has 2 aromatic rings. The number of nitrogens with zero attached hydrogens (tertiary/aromatic N) is 2. The van der Waals surface area contributed by atoms with Crippen molar-refractivity contribution in [2.45, 2.75) is 23.8 Å². The Bertz CT molecular complexity index is 949. The number of carbonyl (C=O) groups excluding carboxylic acids is 1. The summed E-state index contributed by atoms with van der Waals surface area (Å²) < 4.78 is 25.4. The second-order valence-corrected chi connectivity index (χ2v) is 9.85. The average Bonchev–Trinajstić information content (AvgIpc) is 2.90. The van der Waals surface area contributed by atoms with E-state index in [4.69, 9.17) is 11.5 Å². The summed E-state index contributed by atoms with van der Waals surface area (Å²) in [7, 11) is -3.20. The second kappa shape index (κ2) is 7.22. The molecule has 3 rings (SSSR count). The minimum Gasteiger partial charge on any atom is -0.397 e. The van der Waals surface area contributed by atoms with Gasteiger partial charge in [-0.15, -0.1) is 23.1 Å². The van der Waals surface area contributed by atoms with E-state index in [2.05, 4.69) is 14.6 Å². The number of fused-ring (bicyclic) bond motifs is 1. The van der Waals surface area contributed by atoms with E-state index in [1.165, 1.54) is 17.6 Å². The number of rotatable bonds is 5. The van der Waals surface area contributed by atoms with Crippen molar-refractivity contribution in [3.05, 3.63) is 10.9 Å². The summed E-state index contributed by atoms with van der Waals surface area (Å²) in [5.41, 5.74) is 11.9. The van der Waals surface area contributed by atoms with Crippen molar-refractivity contribution in [1.29, 1.82) is 0 Å². The number of thioether (sulfide) groups is 1. The van der Waals surface area contributed by atoms with Crippen LogP contribution in [-0.2, 0) is 10.0 Å². The van der Waals surface area contributed by atoms with Crippen molar-refractivity contribution in [2.75, 3.05) is 36.2 Å². The number of thiophene rings is 1. The first-order valence-corrected chi connectivity index (χ1v) is 11.9. The highest BCUT2D eigenvalue weighted by molar-refractivity contribution is 7.98. The topological polar surface area (TPSA) is 131 Å². The molecule has 26 heavy (non-hydrogen) atoms. The fourth-order valence-electron chi connectivity index (χ4n) is 3.11. The summed E-state index contributed by atoms with van der Waals surface area (Å²) in [5, 5.41) is 0.772. The van der Waals surface area contributed by atoms with Crippen LogP contribution < -0.4 is 21.1 Å². The van der Waals surface area contributed by atoms with Gasteiger partial charge in [-0.25, -0.2) is 18.1 Å². The Labute approximate surface area is 160 Å². The van der Waals surface area contributed by atoms with Crippen LogP contribution in [0.1, 0.15) is 22.5 Å². The molecule has 11 heteroatoms. The Hall–Kier alpha value is -1.56. The van der Waals surface area contributed by atoms with Crippen molar-refractivity contribution < 1.29 is 13.2 Å². The average molecular weight is 416 g/mol. The molecule has 0 unspecified atom stereocenters. The third kappa shape index (κ3) is 3.90. The van der Waals surface area contributed by atoms with Gasteiger partial charge in [-0.05, 0) is 25.2 Å². The van der Waals surface area contributed by atoms with Crippen molar-refractivity contribution in [2.24, 2.45) is 5.73 Å². The van der Waals surface area contributed by atoms with E-state index < -0.39 is 15.9 Å². The smallest absolute Gasteiger partial charge is 0.260 e. The number of anilines is 2. The maximum absolute atomic E-state index is 11.6. The summed E-state index contributed by atoms with van der Waals surface area (Å²) >= 11 is 2.75. The number of amides is 1. The molecule has 0 bridgehead atoms. The Morgan fingerprint density at radius 2 is 2.08 bits per heavy atom. The summed E-state index contributed by atoms with van der Waals surface area (Å²) in [4.78, 5) is 20.3.